The van der Waals surface area contributed by atoms with Gasteiger partial charge in [-0.3, -0.25) is 9.69 Å². The van der Waals surface area contributed by atoms with Crippen molar-refractivity contribution >= 4 is 5.91 Å². The maximum absolute atomic E-state index is 13.3. The molecule has 0 aliphatic carbocycles. The number of carbonyl (C=O) groups excluding carboxylic acids is 1. The summed E-state index contributed by atoms with van der Waals surface area (Å²) in [5.74, 6) is 1.57. The van der Waals surface area contributed by atoms with E-state index in [0.717, 1.165) is 17.7 Å². The number of alkyl halides is 3. The third-order valence-electron chi connectivity index (χ3n) is 6.14. The molecular weight excluding hydrogens is 489 g/mol. The van der Waals surface area contributed by atoms with Crippen LogP contribution in [-0.2, 0) is 24.0 Å². The van der Waals surface area contributed by atoms with Crippen LogP contribution in [0.25, 0.3) is 0 Å². The number of nitrogens with zero attached hydrogens (tertiary/aromatic N) is 2. The maximum atomic E-state index is 13.3. The minimum absolute atomic E-state index is 0.163. The first kappa shape index (κ1) is 26.6. The lowest BCUT2D eigenvalue weighted by molar-refractivity contribution is -0.137. The van der Waals surface area contributed by atoms with Gasteiger partial charge in [-0.15, -0.1) is 0 Å². The molecule has 7 nitrogen and oxygen atoms in total. The Labute approximate surface area is 213 Å². The van der Waals surface area contributed by atoms with Crippen molar-refractivity contribution in [3.63, 3.8) is 0 Å². The molecule has 1 amide bonds. The lowest BCUT2D eigenvalue weighted by Gasteiger charge is -2.35. The molecule has 1 atom stereocenters. The van der Waals surface area contributed by atoms with Crippen LogP contribution in [-0.4, -0.2) is 62.3 Å². The zero-order valence-electron chi connectivity index (χ0n) is 20.7. The van der Waals surface area contributed by atoms with Crippen molar-refractivity contribution in [3.8, 4) is 11.5 Å². The number of amides is 1. The molecule has 1 aromatic heterocycles. The van der Waals surface area contributed by atoms with Crippen LogP contribution in [0, 0.1) is 0 Å². The fourth-order valence-corrected chi connectivity index (χ4v) is 4.29. The molecular formula is C27H29F3N2O5. The molecule has 198 valence electrons. The van der Waals surface area contributed by atoms with E-state index in [2.05, 4.69) is 4.90 Å². The van der Waals surface area contributed by atoms with Crippen molar-refractivity contribution in [1.82, 2.24) is 9.80 Å². The van der Waals surface area contributed by atoms with Crippen molar-refractivity contribution in [2.24, 2.45) is 0 Å². The lowest BCUT2D eigenvalue weighted by Crippen LogP contribution is -2.48. The summed E-state index contributed by atoms with van der Waals surface area (Å²) < 4.78 is 61.1. The fraction of sp³-hybridized carbons (Fsp3) is 0.370. The van der Waals surface area contributed by atoms with Crippen molar-refractivity contribution in [1.29, 1.82) is 0 Å². The van der Waals surface area contributed by atoms with Gasteiger partial charge in [0.25, 0.3) is 5.91 Å². The molecule has 0 saturated carbocycles. The number of rotatable bonds is 9. The quantitative estimate of drug-likeness (QED) is 0.403. The molecule has 0 radical (unpaired) electrons. The SMILES string of the molecule is COc1cc(CN2CCOC(CN(Cc3ccco3)C(=O)c3ccc(C(F)(F)F)cc3)C2)cc(OC)c1. The summed E-state index contributed by atoms with van der Waals surface area (Å²) in [4.78, 5) is 17.1. The van der Waals surface area contributed by atoms with E-state index in [9.17, 15) is 18.0 Å². The first-order valence-corrected chi connectivity index (χ1v) is 11.8. The van der Waals surface area contributed by atoms with Crippen LogP contribution in [0.1, 0.15) is 27.2 Å². The Morgan fingerprint density at radius 2 is 1.78 bits per heavy atom. The van der Waals surface area contributed by atoms with Gasteiger partial charge in [-0.2, -0.15) is 13.2 Å². The first-order valence-electron chi connectivity index (χ1n) is 11.8. The predicted molar refractivity (Wildman–Crippen MR) is 129 cm³/mol. The molecule has 0 N–H and O–H groups in total. The van der Waals surface area contributed by atoms with Gasteiger partial charge in [0.15, 0.2) is 0 Å². The Kier molecular flexibility index (Phi) is 8.40. The lowest BCUT2D eigenvalue weighted by atomic mass is 10.1. The molecule has 4 rings (SSSR count). The minimum Gasteiger partial charge on any atom is -0.497 e. The summed E-state index contributed by atoms with van der Waals surface area (Å²) in [6.45, 7) is 2.81. The highest BCUT2D eigenvalue weighted by molar-refractivity contribution is 5.94. The van der Waals surface area contributed by atoms with Gasteiger partial charge in [0.05, 0.1) is 45.3 Å². The van der Waals surface area contributed by atoms with Gasteiger partial charge in [-0.25, -0.2) is 0 Å². The number of halogens is 3. The Morgan fingerprint density at radius 1 is 1.08 bits per heavy atom. The second-order valence-electron chi connectivity index (χ2n) is 8.79. The number of furan rings is 1. The van der Waals surface area contributed by atoms with Crippen LogP contribution in [0.2, 0.25) is 0 Å². The Morgan fingerprint density at radius 3 is 2.38 bits per heavy atom. The Balaban J connectivity index is 1.47. The van der Waals surface area contributed by atoms with Crippen molar-refractivity contribution in [3.05, 3.63) is 83.3 Å². The van der Waals surface area contributed by atoms with E-state index in [4.69, 9.17) is 18.6 Å². The van der Waals surface area contributed by atoms with Crippen LogP contribution in [0.5, 0.6) is 11.5 Å². The molecule has 1 fully saturated rings. The summed E-state index contributed by atoms with van der Waals surface area (Å²) in [5, 5.41) is 0. The topological polar surface area (TPSA) is 64.4 Å². The van der Waals surface area contributed by atoms with E-state index >= 15 is 0 Å². The fourth-order valence-electron chi connectivity index (χ4n) is 4.29. The van der Waals surface area contributed by atoms with Crippen molar-refractivity contribution in [2.75, 3.05) is 40.5 Å². The Bertz CT molecular complexity index is 1140. The third kappa shape index (κ3) is 7.05. The second kappa shape index (κ2) is 11.7. The molecule has 2 heterocycles. The number of carbonyl (C=O) groups is 1. The van der Waals surface area contributed by atoms with Gasteiger partial charge in [0.1, 0.15) is 17.3 Å². The largest absolute Gasteiger partial charge is 0.497 e. The summed E-state index contributed by atoms with van der Waals surface area (Å²) in [6, 6.07) is 13.4. The zero-order chi connectivity index (χ0) is 26.4. The summed E-state index contributed by atoms with van der Waals surface area (Å²) in [6.07, 6.45) is -3.26. The van der Waals surface area contributed by atoms with E-state index in [1.54, 1.807) is 31.3 Å². The monoisotopic (exact) mass is 518 g/mol. The van der Waals surface area contributed by atoms with Gasteiger partial charge < -0.3 is 23.5 Å². The van der Waals surface area contributed by atoms with Crippen molar-refractivity contribution < 1.29 is 36.6 Å². The zero-order valence-corrected chi connectivity index (χ0v) is 20.7. The minimum atomic E-state index is -4.47. The van der Waals surface area contributed by atoms with Crippen LogP contribution in [0.4, 0.5) is 13.2 Å². The molecule has 1 unspecified atom stereocenters. The number of hydrogen-bond acceptors (Lipinski definition) is 6. The maximum Gasteiger partial charge on any atom is 0.416 e. The van der Waals surface area contributed by atoms with Gasteiger partial charge in [-0.1, -0.05) is 0 Å². The van der Waals surface area contributed by atoms with Crippen LogP contribution in [0.3, 0.4) is 0 Å². The van der Waals surface area contributed by atoms with Gasteiger partial charge in [0.2, 0.25) is 0 Å². The Hall–Kier alpha value is -3.50. The smallest absolute Gasteiger partial charge is 0.416 e. The molecule has 0 spiro atoms. The van der Waals surface area contributed by atoms with Crippen LogP contribution < -0.4 is 9.47 Å². The summed E-state index contributed by atoms with van der Waals surface area (Å²) in [5.41, 5.74) is 0.378. The second-order valence-corrected chi connectivity index (χ2v) is 8.79. The number of hydrogen-bond donors (Lipinski definition) is 0. The predicted octanol–water partition coefficient (Wildman–Crippen LogP) is 4.86. The molecule has 0 bridgehead atoms. The van der Waals surface area contributed by atoms with E-state index in [-0.39, 0.29) is 24.8 Å². The highest BCUT2D eigenvalue weighted by Gasteiger charge is 2.31. The molecule has 1 aliphatic heterocycles. The molecule has 37 heavy (non-hydrogen) atoms. The standard InChI is InChI=1S/C27H29F3N2O5/c1-34-23-12-19(13-24(14-23)35-2)15-31-9-11-37-25(16-31)18-32(17-22-4-3-10-36-22)26(33)20-5-7-21(8-6-20)27(28,29)30/h3-8,10,12-14,25H,9,11,15-18H2,1-2H3. The average Bonchev–Trinajstić information content (AvgIpc) is 3.40. The number of ether oxygens (including phenoxy) is 3. The van der Waals surface area contributed by atoms with Gasteiger partial charge >= 0.3 is 6.18 Å². The third-order valence-corrected chi connectivity index (χ3v) is 6.14. The molecule has 2 aromatic carbocycles. The number of benzene rings is 2. The highest BCUT2D eigenvalue weighted by Crippen LogP contribution is 2.29. The first-order chi connectivity index (χ1) is 17.7. The molecule has 1 aliphatic rings. The molecule has 1 saturated heterocycles. The molecule has 10 heteroatoms. The van der Waals surface area contributed by atoms with E-state index in [0.29, 0.717) is 43.5 Å². The van der Waals surface area contributed by atoms with Crippen LogP contribution >= 0.6 is 0 Å². The van der Waals surface area contributed by atoms with E-state index in [1.165, 1.54) is 18.4 Å². The van der Waals surface area contributed by atoms with E-state index < -0.39 is 17.6 Å². The molecule has 3 aromatic rings. The number of morpholine rings is 1. The highest BCUT2D eigenvalue weighted by atomic mass is 19.4. The summed E-state index contributed by atoms with van der Waals surface area (Å²) in [7, 11) is 3.20. The average molecular weight is 519 g/mol. The summed E-state index contributed by atoms with van der Waals surface area (Å²) >= 11 is 0. The van der Waals surface area contributed by atoms with Gasteiger partial charge in [0, 0.05) is 37.8 Å². The normalized spacial score (nSPS) is 16.4. The van der Waals surface area contributed by atoms with Gasteiger partial charge in [-0.05, 0) is 54.1 Å². The number of methoxy groups -OCH3 is 2. The van der Waals surface area contributed by atoms with E-state index in [1.807, 2.05) is 18.2 Å². The van der Waals surface area contributed by atoms with Crippen LogP contribution in [0.15, 0.2) is 65.3 Å². The van der Waals surface area contributed by atoms with Crippen molar-refractivity contribution in [2.45, 2.75) is 25.4 Å².